The van der Waals surface area contributed by atoms with Crippen LogP contribution >= 0.6 is 0 Å². The number of aromatic amines is 1. The minimum absolute atomic E-state index is 0.208. The molecule has 3 heterocycles. The third-order valence-corrected chi connectivity index (χ3v) is 6.88. The molecular formula is C22H25N3O4. The Morgan fingerprint density at radius 1 is 1.10 bits per heavy atom. The lowest BCUT2D eigenvalue weighted by Crippen LogP contribution is -2.45. The van der Waals surface area contributed by atoms with Crippen molar-refractivity contribution in [2.75, 3.05) is 19.6 Å². The normalized spacial score (nSPS) is 23.7. The quantitative estimate of drug-likeness (QED) is 0.835. The van der Waals surface area contributed by atoms with Crippen molar-refractivity contribution < 1.29 is 19.5 Å². The molecule has 2 aromatic rings. The van der Waals surface area contributed by atoms with Crippen molar-refractivity contribution in [1.29, 1.82) is 0 Å². The Morgan fingerprint density at radius 3 is 2.48 bits per heavy atom. The van der Waals surface area contributed by atoms with Crippen LogP contribution in [-0.2, 0) is 9.59 Å². The van der Waals surface area contributed by atoms with Crippen LogP contribution in [0.15, 0.2) is 30.3 Å². The Labute approximate surface area is 168 Å². The third kappa shape index (κ3) is 3.18. The molecule has 7 nitrogen and oxygen atoms in total. The van der Waals surface area contributed by atoms with Gasteiger partial charge in [-0.05, 0) is 49.7 Å². The summed E-state index contributed by atoms with van der Waals surface area (Å²) in [5, 5.41) is 10.7. The number of hydrogen-bond acceptors (Lipinski definition) is 3. The Balaban J connectivity index is 1.35. The second-order valence-corrected chi connectivity index (χ2v) is 8.86. The van der Waals surface area contributed by atoms with E-state index in [2.05, 4.69) is 4.98 Å². The predicted octanol–water partition coefficient (Wildman–Crippen LogP) is 2.49. The van der Waals surface area contributed by atoms with Crippen LogP contribution < -0.4 is 0 Å². The smallest absolute Gasteiger partial charge is 0.326 e. The molecule has 1 aromatic heterocycles. The zero-order valence-electron chi connectivity index (χ0n) is 16.3. The average Bonchev–Trinajstić information content (AvgIpc) is 3.37. The molecule has 2 amide bonds. The van der Waals surface area contributed by atoms with Crippen molar-refractivity contribution in [2.24, 2.45) is 11.3 Å². The van der Waals surface area contributed by atoms with Gasteiger partial charge in [0.15, 0.2) is 0 Å². The topological polar surface area (TPSA) is 93.7 Å². The number of benzene rings is 1. The molecular weight excluding hydrogens is 370 g/mol. The standard InChI is InChI=1S/C22H25N3O4/c26-19(14-5-6-14)24-9-7-22(8-10-24)12-18(21(28)29)25(13-22)20(27)17-11-15-3-1-2-4-16(15)23-17/h1-4,11,14,18,23H,5-10,12-13H2,(H,28,29)/t18-/m0/s1. The van der Waals surface area contributed by atoms with E-state index in [1.165, 1.54) is 4.90 Å². The highest BCUT2D eigenvalue weighted by Crippen LogP contribution is 2.45. The number of amides is 2. The second kappa shape index (κ2) is 6.61. The van der Waals surface area contributed by atoms with Crippen molar-refractivity contribution in [3.8, 4) is 0 Å². The van der Waals surface area contributed by atoms with Gasteiger partial charge in [-0.1, -0.05) is 18.2 Å². The van der Waals surface area contributed by atoms with E-state index in [0.29, 0.717) is 31.7 Å². The first-order valence-corrected chi connectivity index (χ1v) is 10.4. The Kier molecular flexibility index (Phi) is 4.15. The molecule has 1 atom stereocenters. The fourth-order valence-electron chi connectivity index (χ4n) is 4.99. The van der Waals surface area contributed by atoms with E-state index in [4.69, 9.17) is 0 Å². The van der Waals surface area contributed by atoms with Crippen LogP contribution in [0.1, 0.15) is 42.6 Å². The minimum Gasteiger partial charge on any atom is -0.480 e. The number of carboxylic acids is 1. The lowest BCUT2D eigenvalue weighted by molar-refractivity contribution is -0.141. The van der Waals surface area contributed by atoms with E-state index in [0.717, 1.165) is 36.6 Å². The van der Waals surface area contributed by atoms with Gasteiger partial charge in [-0.3, -0.25) is 9.59 Å². The summed E-state index contributed by atoms with van der Waals surface area (Å²) >= 11 is 0. The number of H-pyrrole nitrogens is 1. The van der Waals surface area contributed by atoms with Gasteiger partial charge in [-0.15, -0.1) is 0 Å². The number of aliphatic carboxylic acids is 1. The van der Waals surface area contributed by atoms with Gasteiger partial charge >= 0.3 is 5.97 Å². The molecule has 1 aromatic carbocycles. The molecule has 2 aliphatic heterocycles. The largest absolute Gasteiger partial charge is 0.480 e. The monoisotopic (exact) mass is 395 g/mol. The molecule has 0 bridgehead atoms. The van der Waals surface area contributed by atoms with Crippen molar-refractivity contribution in [3.05, 3.63) is 36.0 Å². The fourth-order valence-corrected chi connectivity index (χ4v) is 4.99. The molecule has 152 valence electrons. The molecule has 0 radical (unpaired) electrons. The number of carboxylic acid groups (broad SMARTS) is 1. The number of nitrogens with one attached hydrogen (secondary N) is 1. The lowest BCUT2D eigenvalue weighted by Gasteiger charge is -2.39. The van der Waals surface area contributed by atoms with Gasteiger partial charge in [0.05, 0.1) is 0 Å². The highest BCUT2D eigenvalue weighted by Gasteiger charge is 2.51. The van der Waals surface area contributed by atoms with Gasteiger partial charge in [-0.25, -0.2) is 4.79 Å². The van der Waals surface area contributed by atoms with Gasteiger partial charge in [-0.2, -0.15) is 0 Å². The summed E-state index contributed by atoms with van der Waals surface area (Å²) in [5.41, 5.74) is 1.07. The van der Waals surface area contributed by atoms with Gasteiger partial charge in [0, 0.05) is 36.5 Å². The van der Waals surface area contributed by atoms with Crippen LogP contribution in [0.5, 0.6) is 0 Å². The summed E-state index contributed by atoms with van der Waals surface area (Å²) in [7, 11) is 0. The van der Waals surface area contributed by atoms with E-state index in [9.17, 15) is 19.5 Å². The number of hydrogen-bond donors (Lipinski definition) is 2. The summed E-state index contributed by atoms with van der Waals surface area (Å²) in [4.78, 5) is 44.1. The molecule has 2 N–H and O–H groups in total. The molecule has 29 heavy (non-hydrogen) atoms. The Bertz CT molecular complexity index is 952. The lowest BCUT2D eigenvalue weighted by atomic mass is 9.76. The van der Waals surface area contributed by atoms with E-state index in [-0.39, 0.29) is 23.1 Å². The van der Waals surface area contributed by atoms with Crippen LogP contribution in [0.3, 0.4) is 0 Å². The Morgan fingerprint density at radius 2 is 1.83 bits per heavy atom. The first kappa shape index (κ1) is 18.2. The molecule has 3 aliphatic rings. The molecule has 7 heteroatoms. The SMILES string of the molecule is O=C(O)[C@@H]1CC2(CCN(C(=O)C3CC3)CC2)CN1C(=O)c1cc2ccccc2[nH]1. The molecule has 1 aliphatic carbocycles. The molecule has 1 spiro atoms. The number of carbonyl (C=O) groups excluding carboxylic acids is 2. The van der Waals surface area contributed by atoms with E-state index >= 15 is 0 Å². The maximum atomic E-state index is 13.2. The van der Waals surface area contributed by atoms with Crippen LogP contribution in [0.2, 0.25) is 0 Å². The number of para-hydroxylation sites is 1. The zero-order chi connectivity index (χ0) is 20.2. The van der Waals surface area contributed by atoms with Crippen molar-refractivity contribution in [2.45, 2.75) is 38.1 Å². The summed E-state index contributed by atoms with van der Waals surface area (Å²) in [6, 6.07) is 8.60. The van der Waals surface area contributed by atoms with Crippen LogP contribution in [-0.4, -0.2) is 63.4 Å². The third-order valence-electron chi connectivity index (χ3n) is 6.88. The van der Waals surface area contributed by atoms with E-state index < -0.39 is 12.0 Å². The van der Waals surface area contributed by atoms with Gasteiger partial charge < -0.3 is 19.9 Å². The number of fused-ring (bicyclic) bond motifs is 1. The molecule has 2 saturated heterocycles. The van der Waals surface area contributed by atoms with Gasteiger partial charge in [0.1, 0.15) is 11.7 Å². The second-order valence-electron chi connectivity index (χ2n) is 8.86. The van der Waals surface area contributed by atoms with Crippen LogP contribution in [0, 0.1) is 11.3 Å². The zero-order valence-corrected chi connectivity index (χ0v) is 16.3. The highest BCUT2D eigenvalue weighted by atomic mass is 16.4. The number of piperidine rings is 1. The first-order chi connectivity index (χ1) is 14.0. The van der Waals surface area contributed by atoms with E-state index in [1.54, 1.807) is 6.07 Å². The fraction of sp³-hybridized carbons (Fsp3) is 0.500. The summed E-state index contributed by atoms with van der Waals surface area (Å²) in [5.74, 6) is -0.761. The van der Waals surface area contributed by atoms with Crippen molar-refractivity contribution >= 4 is 28.7 Å². The molecule has 3 fully saturated rings. The summed E-state index contributed by atoms with van der Waals surface area (Å²) in [6.07, 6.45) is 3.96. The Hall–Kier alpha value is -2.83. The number of nitrogens with zero attached hydrogens (tertiary/aromatic N) is 2. The maximum Gasteiger partial charge on any atom is 0.326 e. The highest BCUT2D eigenvalue weighted by molar-refractivity contribution is 6.00. The van der Waals surface area contributed by atoms with Crippen LogP contribution in [0.25, 0.3) is 10.9 Å². The van der Waals surface area contributed by atoms with E-state index in [1.807, 2.05) is 29.2 Å². The summed E-state index contributed by atoms with van der Waals surface area (Å²) in [6.45, 7) is 1.76. The molecule has 1 saturated carbocycles. The first-order valence-electron chi connectivity index (χ1n) is 10.4. The number of likely N-dealkylation sites (tertiary alicyclic amines) is 2. The molecule has 5 rings (SSSR count). The maximum absolute atomic E-state index is 13.2. The van der Waals surface area contributed by atoms with Crippen LogP contribution in [0.4, 0.5) is 0 Å². The van der Waals surface area contributed by atoms with Crippen molar-refractivity contribution in [3.63, 3.8) is 0 Å². The van der Waals surface area contributed by atoms with Crippen molar-refractivity contribution in [1.82, 2.24) is 14.8 Å². The number of rotatable bonds is 3. The molecule has 0 unspecified atom stereocenters. The average molecular weight is 395 g/mol. The van der Waals surface area contributed by atoms with Gasteiger partial charge in [0.25, 0.3) is 5.91 Å². The van der Waals surface area contributed by atoms with Gasteiger partial charge in [0.2, 0.25) is 5.91 Å². The summed E-state index contributed by atoms with van der Waals surface area (Å²) < 4.78 is 0. The predicted molar refractivity (Wildman–Crippen MR) is 106 cm³/mol. The number of carbonyl (C=O) groups is 3. The number of aromatic nitrogens is 1. The minimum atomic E-state index is -0.956.